The molecule has 2 unspecified atom stereocenters. The van der Waals surface area contributed by atoms with Gasteiger partial charge in [0.2, 0.25) is 5.95 Å². The summed E-state index contributed by atoms with van der Waals surface area (Å²) in [7, 11) is 0. The van der Waals surface area contributed by atoms with Crippen molar-refractivity contribution in [2.75, 3.05) is 5.32 Å². The summed E-state index contributed by atoms with van der Waals surface area (Å²) in [5, 5.41) is 3.70. The highest BCUT2D eigenvalue weighted by molar-refractivity contribution is 5.31. The van der Waals surface area contributed by atoms with Crippen LogP contribution in [0.25, 0.3) is 0 Å². The SMILES string of the molecule is Cc1cn(C2CCCCC2C)c(NC2CCCC2)n1. The first-order valence-electron chi connectivity index (χ1n) is 8.06. The Morgan fingerprint density at radius 3 is 2.53 bits per heavy atom. The Morgan fingerprint density at radius 2 is 1.79 bits per heavy atom. The first-order chi connectivity index (χ1) is 9.24. The maximum atomic E-state index is 4.74. The van der Waals surface area contributed by atoms with Gasteiger partial charge in [0.25, 0.3) is 0 Å². The third kappa shape index (κ3) is 2.80. The third-order valence-corrected chi connectivity index (χ3v) is 4.96. The van der Waals surface area contributed by atoms with Crippen molar-refractivity contribution in [3.8, 4) is 0 Å². The molecule has 106 valence electrons. The predicted octanol–water partition coefficient (Wildman–Crippen LogP) is 4.30. The number of nitrogens with one attached hydrogen (secondary N) is 1. The van der Waals surface area contributed by atoms with Crippen molar-refractivity contribution < 1.29 is 0 Å². The van der Waals surface area contributed by atoms with Gasteiger partial charge in [-0.05, 0) is 38.5 Å². The van der Waals surface area contributed by atoms with Gasteiger partial charge in [-0.3, -0.25) is 0 Å². The Balaban J connectivity index is 1.79. The van der Waals surface area contributed by atoms with E-state index in [2.05, 4.69) is 29.9 Å². The molecule has 1 heterocycles. The lowest BCUT2D eigenvalue weighted by atomic mass is 9.86. The lowest BCUT2D eigenvalue weighted by molar-refractivity contribution is 0.259. The van der Waals surface area contributed by atoms with Gasteiger partial charge >= 0.3 is 0 Å². The fourth-order valence-corrected chi connectivity index (χ4v) is 3.84. The van der Waals surface area contributed by atoms with Crippen LogP contribution in [0.2, 0.25) is 0 Å². The normalized spacial score (nSPS) is 28.7. The highest BCUT2D eigenvalue weighted by Crippen LogP contribution is 2.36. The topological polar surface area (TPSA) is 29.9 Å². The molecule has 1 N–H and O–H groups in total. The minimum Gasteiger partial charge on any atom is -0.353 e. The number of nitrogens with zero attached hydrogens (tertiary/aromatic N) is 2. The molecule has 0 saturated heterocycles. The van der Waals surface area contributed by atoms with Crippen LogP contribution >= 0.6 is 0 Å². The van der Waals surface area contributed by atoms with Crippen LogP contribution in [0.5, 0.6) is 0 Å². The summed E-state index contributed by atoms with van der Waals surface area (Å²) in [5.41, 5.74) is 1.15. The first kappa shape index (κ1) is 13.0. The van der Waals surface area contributed by atoms with E-state index in [1.165, 1.54) is 51.4 Å². The summed E-state index contributed by atoms with van der Waals surface area (Å²) in [6, 6.07) is 1.30. The second-order valence-corrected chi connectivity index (χ2v) is 6.57. The molecule has 3 rings (SSSR count). The van der Waals surface area contributed by atoms with Gasteiger partial charge in [0, 0.05) is 18.3 Å². The molecule has 0 aliphatic heterocycles. The van der Waals surface area contributed by atoms with E-state index in [9.17, 15) is 0 Å². The monoisotopic (exact) mass is 261 g/mol. The number of imidazole rings is 1. The van der Waals surface area contributed by atoms with Crippen LogP contribution in [-0.2, 0) is 0 Å². The van der Waals surface area contributed by atoms with E-state index >= 15 is 0 Å². The van der Waals surface area contributed by atoms with Gasteiger partial charge in [0.1, 0.15) is 0 Å². The molecule has 2 fully saturated rings. The van der Waals surface area contributed by atoms with Gasteiger partial charge in [-0.15, -0.1) is 0 Å². The van der Waals surface area contributed by atoms with E-state index in [1.54, 1.807) is 0 Å². The molecule has 19 heavy (non-hydrogen) atoms. The zero-order valence-electron chi connectivity index (χ0n) is 12.4. The Bertz CT molecular complexity index is 418. The summed E-state index contributed by atoms with van der Waals surface area (Å²) in [5.74, 6) is 1.91. The molecule has 0 radical (unpaired) electrons. The number of aryl methyl sites for hydroxylation is 1. The summed E-state index contributed by atoms with van der Waals surface area (Å²) >= 11 is 0. The number of anilines is 1. The van der Waals surface area contributed by atoms with Crippen LogP contribution in [0.1, 0.15) is 70.0 Å². The molecule has 2 atom stereocenters. The van der Waals surface area contributed by atoms with Crippen molar-refractivity contribution in [2.45, 2.75) is 77.3 Å². The van der Waals surface area contributed by atoms with E-state index in [4.69, 9.17) is 4.98 Å². The second-order valence-electron chi connectivity index (χ2n) is 6.57. The summed E-state index contributed by atoms with van der Waals surface area (Å²) in [4.78, 5) is 4.74. The smallest absolute Gasteiger partial charge is 0.203 e. The summed E-state index contributed by atoms with van der Waals surface area (Å²) in [6.45, 7) is 4.52. The van der Waals surface area contributed by atoms with Crippen molar-refractivity contribution in [1.29, 1.82) is 0 Å². The fraction of sp³-hybridized carbons (Fsp3) is 0.812. The molecular weight excluding hydrogens is 234 g/mol. The van der Waals surface area contributed by atoms with E-state index in [1.807, 2.05) is 0 Å². The van der Waals surface area contributed by atoms with E-state index in [0.29, 0.717) is 12.1 Å². The lowest BCUT2D eigenvalue weighted by Gasteiger charge is -2.31. The maximum Gasteiger partial charge on any atom is 0.203 e. The van der Waals surface area contributed by atoms with E-state index in [0.717, 1.165) is 17.6 Å². The van der Waals surface area contributed by atoms with Gasteiger partial charge in [-0.25, -0.2) is 4.98 Å². The van der Waals surface area contributed by atoms with Gasteiger partial charge in [-0.1, -0.05) is 32.6 Å². The van der Waals surface area contributed by atoms with Crippen LogP contribution in [-0.4, -0.2) is 15.6 Å². The molecule has 0 aromatic carbocycles. The van der Waals surface area contributed by atoms with Crippen LogP contribution in [0, 0.1) is 12.8 Å². The van der Waals surface area contributed by atoms with E-state index < -0.39 is 0 Å². The zero-order chi connectivity index (χ0) is 13.2. The molecule has 0 amide bonds. The minimum absolute atomic E-state index is 0.652. The zero-order valence-corrected chi connectivity index (χ0v) is 12.4. The van der Waals surface area contributed by atoms with Gasteiger partial charge in [-0.2, -0.15) is 0 Å². The predicted molar refractivity (Wildman–Crippen MR) is 79.5 cm³/mol. The Kier molecular flexibility index (Phi) is 3.81. The number of aromatic nitrogens is 2. The quantitative estimate of drug-likeness (QED) is 0.879. The van der Waals surface area contributed by atoms with Gasteiger partial charge in [0.05, 0.1) is 5.69 Å². The molecule has 0 bridgehead atoms. The van der Waals surface area contributed by atoms with Gasteiger partial charge in [0.15, 0.2) is 0 Å². The van der Waals surface area contributed by atoms with Crippen LogP contribution < -0.4 is 5.32 Å². The molecule has 3 nitrogen and oxygen atoms in total. The van der Waals surface area contributed by atoms with Gasteiger partial charge < -0.3 is 9.88 Å². The highest BCUT2D eigenvalue weighted by Gasteiger charge is 2.26. The fourth-order valence-electron chi connectivity index (χ4n) is 3.84. The number of rotatable bonds is 3. The number of hydrogen-bond donors (Lipinski definition) is 1. The van der Waals surface area contributed by atoms with Crippen molar-refractivity contribution in [1.82, 2.24) is 9.55 Å². The largest absolute Gasteiger partial charge is 0.353 e. The summed E-state index contributed by atoms with van der Waals surface area (Å²) < 4.78 is 2.44. The standard InChI is InChI=1S/C16H27N3/c1-12-7-3-6-10-15(12)19-11-13(2)17-16(19)18-14-8-4-5-9-14/h11-12,14-15H,3-10H2,1-2H3,(H,17,18). The van der Waals surface area contributed by atoms with Crippen molar-refractivity contribution in [2.24, 2.45) is 5.92 Å². The van der Waals surface area contributed by atoms with Crippen molar-refractivity contribution in [3.05, 3.63) is 11.9 Å². The van der Waals surface area contributed by atoms with Crippen molar-refractivity contribution in [3.63, 3.8) is 0 Å². The molecule has 1 aromatic rings. The maximum absolute atomic E-state index is 4.74. The highest BCUT2D eigenvalue weighted by atomic mass is 15.2. The van der Waals surface area contributed by atoms with Crippen LogP contribution in [0.4, 0.5) is 5.95 Å². The lowest BCUT2D eigenvalue weighted by Crippen LogP contribution is -2.24. The molecule has 3 heteroatoms. The molecule has 1 aromatic heterocycles. The Hall–Kier alpha value is -0.990. The van der Waals surface area contributed by atoms with Crippen molar-refractivity contribution >= 4 is 5.95 Å². The average Bonchev–Trinajstić information content (AvgIpc) is 3.01. The Labute approximate surface area is 116 Å². The van der Waals surface area contributed by atoms with Crippen LogP contribution in [0.3, 0.4) is 0 Å². The number of hydrogen-bond acceptors (Lipinski definition) is 2. The molecule has 2 aliphatic carbocycles. The Morgan fingerprint density at radius 1 is 1.11 bits per heavy atom. The van der Waals surface area contributed by atoms with Crippen LogP contribution in [0.15, 0.2) is 6.20 Å². The summed E-state index contributed by atoms with van der Waals surface area (Å²) in [6.07, 6.45) is 13.1. The molecular formula is C16H27N3. The first-order valence-corrected chi connectivity index (χ1v) is 8.06. The van der Waals surface area contributed by atoms with E-state index in [-0.39, 0.29) is 0 Å². The second kappa shape index (κ2) is 5.56. The third-order valence-electron chi connectivity index (χ3n) is 4.96. The molecule has 2 aliphatic rings. The average molecular weight is 261 g/mol. The minimum atomic E-state index is 0.652. The molecule has 2 saturated carbocycles. The molecule has 0 spiro atoms.